The molecule has 0 saturated heterocycles. The summed E-state index contributed by atoms with van der Waals surface area (Å²) in [6, 6.07) is 3.94. The first-order chi connectivity index (χ1) is 6.97. The Morgan fingerprint density at radius 3 is 2.53 bits per heavy atom. The van der Waals surface area contributed by atoms with Crippen LogP contribution in [0.25, 0.3) is 0 Å². The molecule has 4 nitrogen and oxygen atoms in total. The van der Waals surface area contributed by atoms with Crippen molar-refractivity contribution in [1.29, 1.82) is 0 Å². The van der Waals surface area contributed by atoms with E-state index in [4.69, 9.17) is 5.14 Å². The maximum absolute atomic E-state index is 13.4. The Balaban J connectivity index is 2.29. The van der Waals surface area contributed by atoms with E-state index in [-0.39, 0.29) is 4.90 Å². The fourth-order valence-corrected chi connectivity index (χ4v) is 1.76. The van der Waals surface area contributed by atoms with Gasteiger partial charge in [0.2, 0.25) is 10.0 Å². The van der Waals surface area contributed by atoms with Gasteiger partial charge in [0.25, 0.3) is 0 Å². The number of sulfonamides is 1. The number of hydrogen-bond donors (Lipinski definition) is 2. The van der Waals surface area contributed by atoms with Gasteiger partial charge in [0, 0.05) is 6.04 Å². The minimum Gasteiger partial charge on any atom is -0.380 e. The van der Waals surface area contributed by atoms with Gasteiger partial charge < -0.3 is 5.32 Å². The van der Waals surface area contributed by atoms with Crippen molar-refractivity contribution in [3.05, 3.63) is 24.0 Å². The Kier molecular flexibility index (Phi) is 2.40. The molecular formula is C9H11FN2O2S. The summed E-state index contributed by atoms with van der Waals surface area (Å²) < 4.78 is 35.2. The number of anilines is 1. The topological polar surface area (TPSA) is 72.2 Å². The predicted octanol–water partition coefficient (Wildman–Crippen LogP) is 1.05. The highest BCUT2D eigenvalue weighted by Crippen LogP contribution is 2.27. The molecule has 0 bridgehead atoms. The van der Waals surface area contributed by atoms with Crippen LogP contribution in [0.4, 0.5) is 10.1 Å². The molecule has 1 saturated carbocycles. The van der Waals surface area contributed by atoms with Crippen molar-refractivity contribution in [2.75, 3.05) is 5.32 Å². The minimum absolute atomic E-state index is 0.207. The number of rotatable bonds is 3. The van der Waals surface area contributed by atoms with E-state index < -0.39 is 15.8 Å². The Morgan fingerprint density at radius 2 is 2.07 bits per heavy atom. The van der Waals surface area contributed by atoms with Gasteiger partial charge >= 0.3 is 0 Å². The number of benzene rings is 1. The summed E-state index contributed by atoms with van der Waals surface area (Å²) in [5.41, 5.74) is 0.324. The molecule has 0 amide bonds. The highest BCUT2D eigenvalue weighted by molar-refractivity contribution is 7.89. The molecule has 0 spiro atoms. The lowest BCUT2D eigenvalue weighted by atomic mass is 10.3. The molecule has 1 aromatic rings. The normalized spacial score (nSPS) is 16.4. The molecule has 1 aromatic carbocycles. The highest BCUT2D eigenvalue weighted by Gasteiger charge is 2.22. The standard InChI is InChI=1S/C9H11FN2O2S/c10-8-5-7(15(11,13)14)3-4-9(8)12-6-1-2-6/h3-6,12H,1-2H2,(H2,11,13,14). The van der Waals surface area contributed by atoms with Gasteiger partial charge in [-0.15, -0.1) is 0 Å². The minimum atomic E-state index is -3.82. The van der Waals surface area contributed by atoms with Crippen LogP contribution in [0, 0.1) is 5.82 Å². The molecule has 15 heavy (non-hydrogen) atoms. The second-order valence-corrected chi connectivity index (χ2v) is 5.17. The maximum Gasteiger partial charge on any atom is 0.238 e. The molecular weight excluding hydrogens is 219 g/mol. The number of nitrogens with one attached hydrogen (secondary N) is 1. The van der Waals surface area contributed by atoms with E-state index in [0.717, 1.165) is 18.9 Å². The molecule has 1 fully saturated rings. The fourth-order valence-electron chi connectivity index (χ4n) is 1.24. The van der Waals surface area contributed by atoms with Crippen LogP contribution in [0.3, 0.4) is 0 Å². The number of hydrogen-bond acceptors (Lipinski definition) is 3. The Labute approximate surface area is 87.3 Å². The van der Waals surface area contributed by atoms with E-state index in [9.17, 15) is 12.8 Å². The Bertz CT molecular complexity index is 483. The zero-order valence-electron chi connectivity index (χ0n) is 7.90. The van der Waals surface area contributed by atoms with Crippen molar-refractivity contribution < 1.29 is 12.8 Å². The van der Waals surface area contributed by atoms with Crippen LogP contribution in [0.5, 0.6) is 0 Å². The largest absolute Gasteiger partial charge is 0.380 e. The van der Waals surface area contributed by atoms with E-state index in [0.29, 0.717) is 11.7 Å². The van der Waals surface area contributed by atoms with E-state index in [1.54, 1.807) is 0 Å². The van der Waals surface area contributed by atoms with Crippen molar-refractivity contribution in [1.82, 2.24) is 0 Å². The second-order valence-electron chi connectivity index (χ2n) is 3.61. The molecule has 0 atom stereocenters. The third-order valence-corrected chi connectivity index (χ3v) is 3.12. The van der Waals surface area contributed by atoms with Crippen LogP contribution in [0.2, 0.25) is 0 Å². The van der Waals surface area contributed by atoms with Crippen LogP contribution in [-0.4, -0.2) is 14.5 Å². The number of halogens is 1. The molecule has 6 heteroatoms. The lowest BCUT2D eigenvalue weighted by Crippen LogP contribution is -2.13. The summed E-state index contributed by atoms with van der Waals surface area (Å²) in [6.45, 7) is 0. The monoisotopic (exact) mass is 230 g/mol. The molecule has 0 heterocycles. The van der Waals surface area contributed by atoms with E-state index in [2.05, 4.69) is 5.32 Å². The van der Waals surface area contributed by atoms with Crippen molar-refractivity contribution in [2.45, 2.75) is 23.8 Å². The van der Waals surface area contributed by atoms with Gasteiger partial charge in [0.05, 0.1) is 10.6 Å². The van der Waals surface area contributed by atoms with Crippen LogP contribution >= 0.6 is 0 Å². The average Bonchev–Trinajstić information content (AvgIpc) is 2.90. The van der Waals surface area contributed by atoms with Gasteiger partial charge in [-0.05, 0) is 31.0 Å². The summed E-state index contributed by atoms with van der Waals surface area (Å²) in [5, 5.41) is 7.83. The van der Waals surface area contributed by atoms with E-state index in [1.807, 2.05) is 0 Å². The van der Waals surface area contributed by atoms with Crippen molar-refractivity contribution >= 4 is 15.7 Å². The van der Waals surface area contributed by atoms with E-state index in [1.165, 1.54) is 12.1 Å². The summed E-state index contributed by atoms with van der Waals surface area (Å²) >= 11 is 0. The summed E-state index contributed by atoms with van der Waals surface area (Å²) in [4.78, 5) is -0.207. The SMILES string of the molecule is NS(=O)(=O)c1ccc(NC2CC2)c(F)c1. The maximum atomic E-state index is 13.4. The number of primary sulfonamides is 1. The molecule has 3 N–H and O–H groups in total. The second kappa shape index (κ2) is 3.46. The third kappa shape index (κ3) is 2.45. The molecule has 0 radical (unpaired) electrons. The van der Waals surface area contributed by atoms with Gasteiger partial charge in [0.1, 0.15) is 5.82 Å². The Morgan fingerprint density at radius 1 is 1.40 bits per heavy atom. The van der Waals surface area contributed by atoms with Crippen LogP contribution in [0.15, 0.2) is 23.1 Å². The first-order valence-corrected chi connectivity index (χ1v) is 6.10. The van der Waals surface area contributed by atoms with Gasteiger partial charge in [-0.1, -0.05) is 0 Å². The first-order valence-electron chi connectivity index (χ1n) is 4.56. The smallest absolute Gasteiger partial charge is 0.238 e. The molecule has 2 rings (SSSR count). The fraction of sp³-hybridized carbons (Fsp3) is 0.333. The average molecular weight is 230 g/mol. The lowest BCUT2D eigenvalue weighted by Gasteiger charge is -2.06. The molecule has 82 valence electrons. The number of nitrogens with two attached hydrogens (primary N) is 1. The lowest BCUT2D eigenvalue weighted by molar-refractivity contribution is 0.593. The van der Waals surface area contributed by atoms with Crippen LogP contribution < -0.4 is 10.5 Å². The summed E-state index contributed by atoms with van der Waals surface area (Å²) in [5.74, 6) is -0.589. The quantitative estimate of drug-likeness (QED) is 0.815. The first kappa shape index (κ1) is 10.4. The van der Waals surface area contributed by atoms with Crippen LogP contribution in [-0.2, 0) is 10.0 Å². The van der Waals surface area contributed by atoms with Gasteiger partial charge in [0.15, 0.2) is 0 Å². The van der Waals surface area contributed by atoms with Crippen molar-refractivity contribution in [3.8, 4) is 0 Å². The van der Waals surface area contributed by atoms with Gasteiger partial charge in [-0.25, -0.2) is 17.9 Å². The van der Waals surface area contributed by atoms with Crippen LogP contribution in [0.1, 0.15) is 12.8 Å². The van der Waals surface area contributed by atoms with Crippen molar-refractivity contribution in [3.63, 3.8) is 0 Å². The molecule has 0 unspecified atom stereocenters. The predicted molar refractivity (Wildman–Crippen MR) is 54.4 cm³/mol. The molecule has 1 aliphatic rings. The van der Waals surface area contributed by atoms with E-state index >= 15 is 0 Å². The third-order valence-electron chi connectivity index (χ3n) is 2.21. The summed E-state index contributed by atoms with van der Waals surface area (Å²) in [6.07, 6.45) is 2.05. The Hall–Kier alpha value is -1.14. The molecule has 1 aliphatic carbocycles. The van der Waals surface area contributed by atoms with Crippen molar-refractivity contribution in [2.24, 2.45) is 5.14 Å². The molecule has 0 aliphatic heterocycles. The van der Waals surface area contributed by atoms with Gasteiger partial charge in [-0.2, -0.15) is 0 Å². The zero-order chi connectivity index (χ0) is 11.1. The zero-order valence-corrected chi connectivity index (χ0v) is 8.72. The molecule has 0 aromatic heterocycles. The summed E-state index contributed by atoms with van der Waals surface area (Å²) in [7, 11) is -3.82. The highest BCUT2D eigenvalue weighted by atomic mass is 32.2. The van der Waals surface area contributed by atoms with Gasteiger partial charge in [-0.3, -0.25) is 0 Å².